The van der Waals surface area contributed by atoms with Crippen LogP contribution >= 0.6 is 15.9 Å². The van der Waals surface area contributed by atoms with Crippen LogP contribution in [0.15, 0.2) is 28.7 Å². The van der Waals surface area contributed by atoms with Crippen molar-refractivity contribution < 1.29 is 13.7 Å². The molecule has 2 rings (SSSR count). The van der Waals surface area contributed by atoms with E-state index >= 15 is 0 Å². The molecule has 0 bridgehead atoms. The van der Waals surface area contributed by atoms with Crippen molar-refractivity contribution in [3.05, 3.63) is 50.5 Å². The Kier molecular flexibility index (Phi) is 4.29. The van der Waals surface area contributed by atoms with Crippen molar-refractivity contribution in [3.8, 4) is 0 Å². The molecule has 10 heteroatoms. The number of pyridine rings is 1. The minimum Gasteiger partial charge on any atom is -0.330 e. The van der Waals surface area contributed by atoms with Gasteiger partial charge in [-0.1, -0.05) is 15.9 Å². The van der Waals surface area contributed by atoms with Crippen molar-refractivity contribution in [1.29, 1.82) is 0 Å². The Hall–Kier alpha value is -2.33. The molecule has 0 atom stereocenters. The van der Waals surface area contributed by atoms with Gasteiger partial charge in [0.05, 0.1) is 4.92 Å². The van der Waals surface area contributed by atoms with Crippen LogP contribution in [0.2, 0.25) is 0 Å². The Morgan fingerprint density at radius 2 is 1.90 bits per heavy atom. The summed E-state index contributed by atoms with van der Waals surface area (Å²) in [7, 11) is 0. The van der Waals surface area contributed by atoms with Crippen LogP contribution in [0.5, 0.6) is 0 Å². The molecule has 0 radical (unpaired) electrons. The molecule has 0 saturated heterocycles. The smallest absolute Gasteiger partial charge is 0.311 e. The third kappa shape index (κ3) is 3.23. The number of rotatable bonds is 4. The summed E-state index contributed by atoms with van der Waals surface area (Å²) in [4.78, 5) is 14.0. The lowest BCUT2D eigenvalue weighted by Gasteiger charge is -2.10. The summed E-state index contributed by atoms with van der Waals surface area (Å²) in [6, 6.07) is 4.40. The molecular formula is C11H8BrF2N5O2. The molecule has 0 aliphatic rings. The maximum absolute atomic E-state index is 13.7. The first kappa shape index (κ1) is 15.1. The number of hydrogen-bond acceptors (Lipinski definition) is 6. The molecule has 0 saturated carbocycles. The fourth-order valence-electron chi connectivity index (χ4n) is 1.55. The van der Waals surface area contributed by atoms with Crippen LogP contribution in [-0.4, -0.2) is 9.91 Å². The molecule has 1 aromatic heterocycles. The van der Waals surface area contributed by atoms with Gasteiger partial charge in [-0.25, -0.2) is 19.6 Å². The standard InChI is InChI=1S/C11H8BrF2N5O2/c12-5-3-6(13)10(7(14)4-5)17-11-8(19(20)21)1-2-9(16-11)18-15/h1-4H,15H2,(H2,16,17,18). The number of hydrazine groups is 1. The Labute approximate surface area is 125 Å². The maximum atomic E-state index is 13.7. The van der Waals surface area contributed by atoms with E-state index in [4.69, 9.17) is 5.84 Å². The molecule has 0 amide bonds. The second kappa shape index (κ2) is 5.97. The van der Waals surface area contributed by atoms with Crippen molar-refractivity contribution in [1.82, 2.24) is 4.98 Å². The van der Waals surface area contributed by atoms with E-state index in [0.29, 0.717) is 0 Å². The number of nitrogens with zero attached hydrogens (tertiary/aromatic N) is 2. The number of halogens is 3. The van der Waals surface area contributed by atoms with E-state index in [9.17, 15) is 18.9 Å². The molecule has 2 aromatic rings. The van der Waals surface area contributed by atoms with E-state index in [0.717, 1.165) is 18.2 Å². The van der Waals surface area contributed by atoms with E-state index in [1.165, 1.54) is 6.07 Å². The highest BCUT2D eigenvalue weighted by atomic mass is 79.9. The fourth-order valence-corrected chi connectivity index (χ4v) is 1.95. The Morgan fingerprint density at radius 3 is 2.43 bits per heavy atom. The second-order valence-corrected chi connectivity index (χ2v) is 4.75. The number of benzene rings is 1. The minimum absolute atomic E-state index is 0.0982. The van der Waals surface area contributed by atoms with Gasteiger partial charge in [-0.15, -0.1) is 0 Å². The number of aromatic nitrogens is 1. The van der Waals surface area contributed by atoms with E-state index < -0.39 is 27.9 Å². The number of anilines is 3. The van der Waals surface area contributed by atoms with Crippen LogP contribution in [0.4, 0.5) is 31.8 Å². The summed E-state index contributed by atoms with van der Waals surface area (Å²) >= 11 is 2.93. The van der Waals surface area contributed by atoms with Gasteiger partial charge in [-0.05, 0) is 18.2 Å². The second-order valence-electron chi connectivity index (χ2n) is 3.84. The van der Waals surface area contributed by atoms with Crippen LogP contribution in [0.3, 0.4) is 0 Å². The van der Waals surface area contributed by atoms with E-state index in [-0.39, 0.29) is 16.1 Å². The van der Waals surface area contributed by atoms with Crippen LogP contribution in [0.25, 0.3) is 0 Å². The predicted octanol–water partition coefficient (Wildman–Crippen LogP) is 3.06. The summed E-state index contributed by atoms with van der Waals surface area (Å²) in [5.74, 6) is 3.06. The molecule has 0 spiro atoms. The molecule has 1 aromatic carbocycles. The van der Waals surface area contributed by atoms with Crippen molar-refractivity contribution in [2.45, 2.75) is 0 Å². The Bertz CT molecular complexity index is 690. The van der Waals surface area contributed by atoms with Crippen LogP contribution < -0.4 is 16.6 Å². The molecule has 0 unspecified atom stereocenters. The summed E-state index contributed by atoms with van der Waals surface area (Å²) < 4.78 is 27.7. The quantitative estimate of drug-likeness (QED) is 0.440. The normalized spacial score (nSPS) is 10.3. The number of hydrogen-bond donors (Lipinski definition) is 3. The highest BCUT2D eigenvalue weighted by Crippen LogP contribution is 2.31. The van der Waals surface area contributed by atoms with Crippen molar-refractivity contribution in [2.75, 3.05) is 10.7 Å². The summed E-state index contributed by atoms with van der Waals surface area (Å²) in [5, 5.41) is 13.2. The van der Waals surface area contributed by atoms with Gasteiger partial charge in [-0.2, -0.15) is 0 Å². The first-order valence-corrected chi connectivity index (χ1v) is 6.25. The Morgan fingerprint density at radius 1 is 1.29 bits per heavy atom. The zero-order valence-electron chi connectivity index (χ0n) is 10.2. The maximum Gasteiger partial charge on any atom is 0.311 e. The zero-order valence-corrected chi connectivity index (χ0v) is 11.8. The minimum atomic E-state index is -0.927. The predicted molar refractivity (Wildman–Crippen MR) is 76.0 cm³/mol. The molecule has 4 N–H and O–H groups in total. The average Bonchev–Trinajstić information content (AvgIpc) is 2.42. The number of nitro groups is 1. The third-order valence-electron chi connectivity index (χ3n) is 2.47. The van der Waals surface area contributed by atoms with Gasteiger partial charge in [0.15, 0.2) is 11.6 Å². The van der Waals surface area contributed by atoms with Crippen molar-refractivity contribution in [2.24, 2.45) is 5.84 Å². The highest BCUT2D eigenvalue weighted by molar-refractivity contribution is 9.10. The van der Waals surface area contributed by atoms with Gasteiger partial charge in [0, 0.05) is 10.5 Å². The first-order valence-electron chi connectivity index (χ1n) is 5.46. The van der Waals surface area contributed by atoms with Crippen molar-refractivity contribution >= 4 is 38.9 Å². The van der Waals surface area contributed by atoms with Crippen molar-refractivity contribution in [3.63, 3.8) is 0 Å². The third-order valence-corrected chi connectivity index (χ3v) is 2.93. The van der Waals surface area contributed by atoms with Crippen LogP contribution in [0, 0.1) is 21.7 Å². The lowest BCUT2D eigenvalue weighted by Crippen LogP contribution is -2.10. The molecule has 0 fully saturated rings. The molecule has 0 aliphatic carbocycles. The first-order chi connectivity index (χ1) is 9.92. The highest BCUT2D eigenvalue weighted by Gasteiger charge is 2.19. The number of nitrogens with one attached hydrogen (secondary N) is 2. The largest absolute Gasteiger partial charge is 0.330 e. The molecule has 21 heavy (non-hydrogen) atoms. The zero-order chi connectivity index (χ0) is 15.6. The van der Waals surface area contributed by atoms with E-state index in [1.54, 1.807) is 0 Å². The van der Waals surface area contributed by atoms with Gasteiger partial charge in [0.1, 0.15) is 11.5 Å². The molecular weight excluding hydrogens is 352 g/mol. The van der Waals surface area contributed by atoms with Crippen LogP contribution in [0.1, 0.15) is 0 Å². The van der Waals surface area contributed by atoms with E-state index in [2.05, 4.69) is 31.7 Å². The molecule has 110 valence electrons. The average molecular weight is 360 g/mol. The topological polar surface area (TPSA) is 106 Å². The SMILES string of the molecule is NNc1ccc([N+](=O)[O-])c(Nc2c(F)cc(Br)cc2F)n1. The number of nitrogens with two attached hydrogens (primary N) is 1. The molecule has 0 aliphatic heterocycles. The lowest BCUT2D eigenvalue weighted by atomic mass is 10.2. The Balaban J connectivity index is 2.50. The van der Waals surface area contributed by atoms with Gasteiger partial charge in [0.25, 0.3) is 0 Å². The van der Waals surface area contributed by atoms with Gasteiger partial charge in [-0.3, -0.25) is 10.1 Å². The fraction of sp³-hybridized carbons (Fsp3) is 0. The van der Waals surface area contributed by atoms with Gasteiger partial charge < -0.3 is 10.7 Å². The number of nitrogen functional groups attached to an aromatic ring is 1. The van der Waals surface area contributed by atoms with Gasteiger partial charge >= 0.3 is 5.69 Å². The summed E-state index contributed by atoms with van der Waals surface area (Å²) in [5.41, 5.74) is 1.19. The van der Waals surface area contributed by atoms with Gasteiger partial charge in [0.2, 0.25) is 5.82 Å². The summed E-state index contributed by atoms with van der Waals surface area (Å²) in [6.45, 7) is 0. The monoisotopic (exact) mass is 359 g/mol. The summed E-state index contributed by atoms with van der Waals surface area (Å²) in [6.07, 6.45) is 0. The molecule has 1 heterocycles. The molecule has 7 nitrogen and oxygen atoms in total. The lowest BCUT2D eigenvalue weighted by molar-refractivity contribution is -0.384. The van der Waals surface area contributed by atoms with Crippen LogP contribution in [-0.2, 0) is 0 Å². The van der Waals surface area contributed by atoms with E-state index in [1.807, 2.05) is 0 Å².